The van der Waals surface area contributed by atoms with Crippen molar-refractivity contribution in [1.82, 2.24) is 4.90 Å². The summed E-state index contributed by atoms with van der Waals surface area (Å²) >= 11 is 0. The summed E-state index contributed by atoms with van der Waals surface area (Å²) in [5.74, 6) is 1.01. The summed E-state index contributed by atoms with van der Waals surface area (Å²) in [4.78, 5) is 18.2. The summed E-state index contributed by atoms with van der Waals surface area (Å²) in [7, 11) is 0. The fourth-order valence-electron chi connectivity index (χ4n) is 2.63. The number of nitrogens with zero attached hydrogens (tertiary/aromatic N) is 2. The van der Waals surface area contributed by atoms with Crippen LogP contribution in [-0.2, 0) is 4.79 Å². The van der Waals surface area contributed by atoms with Gasteiger partial charge in [0, 0.05) is 37.8 Å². The molecular formula is C20H31N3O. The number of benzene rings is 1. The summed E-state index contributed by atoms with van der Waals surface area (Å²) in [5.41, 5.74) is 4.70. The van der Waals surface area contributed by atoms with Gasteiger partial charge in [0.25, 0.3) is 0 Å². The molecular weight excluding hydrogens is 298 g/mol. The highest BCUT2D eigenvalue weighted by Gasteiger charge is 2.22. The Morgan fingerprint density at radius 3 is 2.58 bits per heavy atom. The van der Waals surface area contributed by atoms with Gasteiger partial charge in [-0.05, 0) is 44.9 Å². The van der Waals surface area contributed by atoms with Crippen LogP contribution in [0, 0.1) is 6.92 Å². The van der Waals surface area contributed by atoms with Crippen molar-refractivity contribution in [2.75, 3.05) is 25.0 Å². The fourth-order valence-corrected chi connectivity index (χ4v) is 2.63. The predicted octanol–water partition coefficient (Wildman–Crippen LogP) is 4.42. The van der Waals surface area contributed by atoms with Gasteiger partial charge in [0.15, 0.2) is 0 Å². The Bertz CT molecular complexity index is 617. The zero-order valence-corrected chi connectivity index (χ0v) is 15.9. The maximum Gasteiger partial charge on any atom is 0.219 e. The first kappa shape index (κ1) is 19.9. The first-order chi connectivity index (χ1) is 11.5. The van der Waals surface area contributed by atoms with Crippen molar-refractivity contribution in [3.05, 3.63) is 41.0 Å². The molecule has 4 nitrogen and oxygen atoms in total. The van der Waals surface area contributed by atoms with Crippen LogP contribution in [0.4, 0.5) is 5.69 Å². The van der Waals surface area contributed by atoms with Gasteiger partial charge in [-0.3, -0.25) is 9.79 Å². The van der Waals surface area contributed by atoms with Crippen molar-refractivity contribution in [2.24, 2.45) is 4.99 Å². The van der Waals surface area contributed by atoms with Crippen molar-refractivity contribution in [2.45, 2.75) is 48.0 Å². The van der Waals surface area contributed by atoms with Crippen LogP contribution in [0.3, 0.4) is 0 Å². The predicted molar refractivity (Wildman–Crippen MR) is 104 cm³/mol. The van der Waals surface area contributed by atoms with Crippen LogP contribution >= 0.6 is 0 Å². The van der Waals surface area contributed by atoms with Gasteiger partial charge >= 0.3 is 0 Å². The molecule has 24 heavy (non-hydrogen) atoms. The zero-order valence-electron chi connectivity index (χ0n) is 15.9. The number of aryl methyl sites for hydroxylation is 1. The van der Waals surface area contributed by atoms with Crippen LogP contribution in [0.15, 0.2) is 40.4 Å². The maximum atomic E-state index is 11.7. The number of rotatable bonds is 3. The molecule has 0 radical (unpaired) electrons. The number of nitrogens with one attached hydrogen (secondary N) is 1. The quantitative estimate of drug-likeness (QED) is 0.659. The molecule has 0 atom stereocenters. The van der Waals surface area contributed by atoms with Crippen LogP contribution in [-0.4, -0.2) is 36.3 Å². The number of anilines is 1. The largest absolute Gasteiger partial charge is 0.340 e. The molecule has 1 aliphatic rings. The molecule has 0 aromatic heterocycles. The van der Waals surface area contributed by atoms with E-state index in [1.54, 1.807) is 6.92 Å². The van der Waals surface area contributed by atoms with Gasteiger partial charge in [-0.1, -0.05) is 31.6 Å². The monoisotopic (exact) mass is 329 g/mol. The minimum absolute atomic E-state index is 0.122. The van der Waals surface area contributed by atoms with Crippen molar-refractivity contribution < 1.29 is 4.79 Å². The summed E-state index contributed by atoms with van der Waals surface area (Å²) in [5, 5.41) is 3.43. The van der Waals surface area contributed by atoms with Gasteiger partial charge in [0.05, 0.1) is 0 Å². The molecule has 132 valence electrons. The van der Waals surface area contributed by atoms with Crippen LogP contribution in [0.2, 0.25) is 0 Å². The van der Waals surface area contributed by atoms with Gasteiger partial charge in [-0.15, -0.1) is 0 Å². The Morgan fingerprint density at radius 1 is 1.29 bits per heavy atom. The van der Waals surface area contributed by atoms with Crippen molar-refractivity contribution in [3.8, 4) is 0 Å². The summed E-state index contributed by atoms with van der Waals surface area (Å²) in [6, 6.07) is 8.25. The molecule has 0 fully saturated rings. The van der Waals surface area contributed by atoms with E-state index in [-0.39, 0.29) is 5.91 Å². The SMILES string of the molecule is CC.CCN=C(Nc1cccc(C)c1)C1=C(C)CCN(C(C)=O)C1. The Hall–Kier alpha value is -2.10. The molecule has 1 N–H and O–H groups in total. The van der Waals surface area contributed by atoms with Gasteiger partial charge in [-0.2, -0.15) is 0 Å². The van der Waals surface area contributed by atoms with E-state index in [0.29, 0.717) is 13.1 Å². The Labute approximate surface area is 146 Å². The summed E-state index contributed by atoms with van der Waals surface area (Å²) in [6.45, 7) is 14.0. The van der Waals surface area contributed by atoms with Crippen molar-refractivity contribution in [3.63, 3.8) is 0 Å². The Balaban J connectivity index is 0.00000139. The van der Waals surface area contributed by atoms with Gasteiger partial charge in [0.2, 0.25) is 5.91 Å². The van der Waals surface area contributed by atoms with Crippen LogP contribution in [0.25, 0.3) is 0 Å². The average Bonchev–Trinajstić information content (AvgIpc) is 2.56. The molecule has 1 aromatic rings. The second-order valence-electron chi connectivity index (χ2n) is 5.77. The van der Waals surface area contributed by atoms with Gasteiger partial charge in [-0.25, -0.2) is 0 Å². The van der Waals surface area contributed by atoms with E-state index in [0.717, 1.165) is 30.1 Å². The van der Waals surface area contributed by atoms with E-state index in [4.69, 9.17) is 0 Å². The summed E-state index contributed by atoms with van der Waals surface area (Å²) in [6.07, 6.45) is 0.910. The third-order valence-corrected chi connectivity index (χ3v) is 3.95. The van der Waals surface area contributed by atoms with Crippen molar-refractivity contribution in [1.29, 1.82) is 0 Å². The molecule has 4 heteroatoms. The van der Waals surface area contributed by atoms with E-state index in [1.165, 1.54) is 11.1 Å². The second kappa shape index (κ2) is 9.91. The fraction of sp³-hybridized carbons (Fsp3) is 0.500. The zero-order chi connectivity index (χ0) is 18.1. The number of amides is 1. The molecule has 0 saturated carbocycles. The van der Waals surface area contributed by atoms with Crippen LogP contribution in [0.1, 0.15) is 46.6 Å². The molecule has 2 rings (SSSR count). The van der Waals surface area contributed by atoms with E-state index < -0.39 is 0 Å². The lowest BCUT2D eigenvalue weighted by atomic mass is 10.00. The standard InChI is InChI=1S/C18H25N3O.C2H6/c1-5-19-18(20-16-8-6-7-13(2)11-16)17-12-21(15(4)22)10-9-14(17)3;1-2/h6-8,11H,5,9-10,12H2,1-4H3,(H,19,20);1-2H3. The molecule has 0 bridgehead atoms. The first-order valence-corrected chi connectivity index (χ1v) is 8.84. The van der Waals surface area contributed by atoms with E-state index in [9.17, 15) is 4.79 Å². The second-order valence-corrected chi connectivity index (χ2v) is 5.77. The lowest BCUT2D eigenvalue weighted by molar-refractivity contribution is -0.128. The molecule has 0 aliphatic carbocycles. The molecule has 1 heterocycles. The van der Waals surface area contributed by atoms with Gasteiger partial charge in [0.1, 0.15) is 5.84 Å². The highest BCUT2D eigenvalue weighted by molar-refractivity contribution is 6.09. The average molecular weight is 329 g/mol. The number of carbonyl (C=O) groups excluding carboxylic acids is 1. The number of hydrogen-bond donors (Lipinski definition) is 1. The van der Waals surface area contributed by atoms with E-state index in [2.05, 4.69) is 36.3 Å². The number of hydrogen-bond acceptors (Lipinski definition) is 2. The van der Waals surface area contributed by atoms with Crippen LogP contribution in [0.5, 0.6) is 0 Å². The Kier molecular flexibility index (Phi) is 8.24. The van der Waals surface area contributed by atoms with E-state index >= 15 is 0 Å². The molecule has 0 unspecified atom stereocenters. The van der Waals surface area contributed by atoms with E-state index in [1.807, 2.05) is 37.8 Å². The third-order valence-electron chi connectivity index (χ3n) is 3.95. The number of aliphatic imine (C=N–C) groups is 1. The molecule has 1 aliphatic heterocycles. The lowest BCUT2D eigenvalue weighted by Crippen LogP contribution is -2.38. The molecule has 1 aromatic carbocycles. The number of amidine groups is 1. The van der Waals surface area contributed by atoms with Crippen molar-refractivity contribution >= 4 is 17.4 Å². The third kappa shape index (κ3) is 5.52. The highest BCUT2D eigenvalue weighted by Crippen LogP contribution is 2.21. The summed E-state index contributed by atoms with van der Waals surface area (Å²) < 4.78 is 0. The molecule has 1 amide bonds. The molecule has 0 saturated heterocycles. The minimum atomic E-state index is 0.122. The Morgan fingerprint density at radius 2 is 2.00 bits per heavy atom. The normalized spacial score (nSPS) is 14.9. The minimum Gasteiger partial charge on any atom is -0.340 e. The smallest absolute Gasteiger partial charge is 0.219 e. The topological polar surface area (TPSA) is 44.7 Å². The first-order valence-electron chi connectivity index (χ1n) is 8.84. The van der Waals surface area contributed by atoms with Gasteiger partial charge < -0.3 is 10.2 Å². The lowest BCUT2D eigenvalue weighted by Gasteiger charge is -2.30. The maximum absolute atomic E-state index is 11.7. The number of carbonyl (C=O) groups is 1. The molecule has 0 spiro atoms. The highest BCUT2D eigenvalue weighted by atomic mass is 16.2. The van der Waals surface area contributed by atoms with Crippen LogP contribution < -0.4 is 5.32 Å².